The number of rotatable bonds is 10. The topological polar surface area (TPSA) is 124 Å². The fourth-order valence-corrected chi connectivity index (χ4v) is 5.88. The van der Waals surface area contributed by atoms with Crippen LogP contribution in [-0.2, 0) is 25.7 Å². The van der Waals surface area contributed by atoms with Crippen LogP contribution in [0.25, 0.3) is 22.3 Å². The van der Waals surface area contributed by atoms with Crippen molar-refractivity contribution in [2.75, 3.05) is 11.1 Å². The van der Waals surface area contributed by atoms with Crippen LogP contribution in [0.4, 0.5) is 32.8 Å². The molecule has 6 rings (SSSR count). The number of nitro groups is 2. The number of nitrogens with two attached hydrogens (primary N) is 1. The summed E-state index contributed by atoms with van der Waals surface area (Å²) in [6.07, 6.45) is 3.79. The Balaban J connectivity index is 0.000000308. The minimum atomic E-state index is -0.815. The largest absolute Gasteiger partial charge is 1.00 e. The van der Waals surface area contributed by atoms with Gasteiger partial charge in [0.2, 0.25) is 5.82 Å². The monoisotopic (exact) mass is 770 g/mol. The van der Waals surface area contributed by atoms with Gasteiger partial charge in [0.25, 0.3) is 5.69 Å². The van der Waals surface area contributed by atoms with Gasteiger partial charge in [0.05, 0.1) is 9.85 Å². The first-order valence-electron chi connectivity index (χ1n) is 17.7. The van der Waals surface area contributed by atoms with Gasteiger partial charge in [0, 0.05) is 23.5 Å². The number of para-hydroxylation sites is 2. The molecule has 0 atom stereocenters. The van der Waals surface area contributed by atoms with Crippen molar-refractivity contribution in [1.29, 1.82) is 0 Å². The summed E-state index contributed by atoms with van der Waals surface area (Å²) in [5.41, 5.74) is 16.1. The first kappa shape index (κ1) is 46.4. The third-order valence-corrected chi connectivity index (χ3v) is 8.86. The smallest absolute Gasteiger partial charge is 1.00 e. The number of anilines is 3. The summed E-state index contributed by atoms with van der Waals surface area (Å²) in [5, 5.41) is 25.6. The first-order chi connectivity index (χ1) is 25.6. The standard InChI is InChI=1S/C22H22N2O2.C12H8FNO2.C10H15N.FH.K/c1-3-16-11-8-12-17(4-2)22(16)23-20-14-13-19(15-21(20)24(25)26)18-9-6-5-7-10-18;13-11-7-6-10(8-12(11)14(15)16)9-4-2-1-3-5-9;1-3-8-6-5-7-9(4-2)10(8)11;;/h5-15,23H,3-4H2,1-2H3;1-8H;5-7H,3-4,11H2,1-2H3;1H;/q;;;;+1/p-1. The molecule has 0 fully saturated rings. The normalized spacial score (nSPS) is 9.91. The summed E-state index contributed by atoms with van der Waals surface area (Å²) < 4.78 is 13.1. The molecule has 6 aromatic carbocycles. The van der Waals surface area contributed by atoms with Gasteiger partial charge in [-0.2, -0.15) is 4.39 Å². The third-order valence-electron chi connectivity index (χ3n) is 8.86. The van der Waals surface area contributed by atoms with E-state index in [1.807, 2.05) is 72.8 Å². The molecule has 0 saturated heterocycles. The van der Waals surface area contributed by atoms with Crippen molar-refractivity contribution in [2.45, 2.75) is 53.4 Å². The summed E-state index contributed by atoms with van der Waals surface area (Å²) >= 11 is 0. The van der Waals surface area contributed by atoms with Crippen molar-refractivity contribution in [2.24, 2.45) is 0 Å². The molecule has 0 bridgehead atoms. The number of nitrogens with one attached hydrogen (secondary N) is 1. The van der Waals surface area contributed by atoms with E-state index in [4.69, 9.17) is 5.73 Å². The predicted octanol–water partition coefficient (Wildman–Crippen LogP) is 5.93. The Kier molecular flexibility index (Phi) is 19.6. The molecule has 280 valence electrons. The van der Waals surface area contributed by atoms with Crippen molar-refractivity contribution < 1.29 is 70.3 Å². The number of benzene rings is 6. The number of nitro benzene ring substituents is 2. The molecule has 55 heavy (non-hydrogen) atoms. The van der Waals surface area contributed by atoms with Crippen LogP contribution in [0.3, 0.4) is 0 Å². The number of hydrogen-bond acceptors (Lipinski definition) is 6. The average Bonchev–Trinajstić information content (AvgIpc) is 3.19. The van der Waals surface area contributed by atoms with Gasteiger partial charge < -0.3 is 15.8 Å². The molecule has 0 unspecified atom stereocenters. The molecule has 0 spiro atoms. The van der Waals surface area contributed by atoms with Crippen LogP contribution in [0.2, 0.25) is 0 Å². The van der Waals surface area contributed by atoms with Crippen LogP contribution in [0, 0.1) is 26.0 Å². The molecule has 0 aliphatic heterocycles. The van der Waals surface area contributed by atoms with E-state index < -0.39 is 16.4 Å². The van der Waals surface area contributed by atoms with Gasteiger partial charge in [0.1, 0.15) is 5.69 Å². The van der Waals surface area contributed by atoms with Gasteiger partial charge in [-0.3, -0.25) is 20.2 Å². The summed E-state index contributed by atoms with van der Waals surface area (Å²) in [6.45, 7) is 8.44. The second-order valence-corrected chi connectivity index (χ2v) is 12.1. The van der Waals surface area contributed by atoms with Crippen molar-refractivity contribution >= 4 is 28.4 Å². The fourth-order valence-electron chi connectivity index (χ4n) is 5.88. The van der Waals surface area contributed by atoms with Gasteiger partial charge in [-0.1, -0.05) is 137 Å². The summed E-state index contributed by atoms with van der Waals surface area (Å²) in [7, 11) is 0. The Morgan fingerprint density at radius 3 is 1.36 bits per heavy atom. The van der Waals surface area contributed by atoms with E-state index in [-0.39, 0.29) is 66.7 Å². The fraction of sp³-hybridized carbons (Fsp3) is 0.182. The molecule has 0 heterocycles. The van der Waals surface area contributed by atoms with Crippen LogP contribution in [0.15, 0.2) is 133 Å². The molecular weight excluding hydrogens is 726 g/mol. The van der Waals surface area contributed by atoms with Gasteiger partial charge in [-0.15, -0.1) is 0 Å². The molecule has 0 aromatic heterocycles. The van der Waals surface area contributed by atoms with Crippen LogP contribution in [0.1, 0.15) is 49.9 Å². The van der Waals surface area contributed by atoms with E-state index >= 15 is 0 Å². The van der Waals surface area contributed by atoms with E-state index in [9.17, 15) is 24.6 Å². The van der Waals surface area contributed by atoms with E-state index in [0.29, 0.717) is 11.3 Å². The van der Waals surface area contributed by atoms with Crippen LogP contribution < -0.4 is 67.1 Å². The minimum Gasteiger partial charge on any atom is -1.00 e. The maximum Gasteiger partial charge on any atom is 1.00 e. The number of aryl methyl sites for hydroxylation is 4. The van der Waals surface area contributed by atoms with Crippen LogP contribution in [-0.4, -0.2) is 9.85 Å². The van der Waals surface area contributed by atoms with E-state index in [0.717, 1.165) is 70.9 Å². The average molecular weight is 771 g/mol. The van der Waals surface area contributed by atoms with Gasteiger partial charge in [-0.25, -0.2) is 0 Å². The molecule has 0 aliphatic carbocycles. The molecule has 3 N–H and O–H groups in total. The zero-order valence-corrected chi connectivity index (χ0v) is 35.0. The zero-order chi connectivity index (χ0) is 38.3. The van der Waals surface area contributed by atoms with Crippen molar-refractivity contribution in [3.8, 4) is 22.3 Å². The number of nitrogens with zero attached hydrogens (tertiary/aromatic N) is 2. The van der Waals surface area contributed by atoms with E-state index in [1.165, 1.54) is 23.3 Å². The molecular formula is C44H45F2KN4O4. The molecule has 11 heteroatoms. The molecule has 6 aromatic rings. The first-order valence-corrected chi connectivity index (χ1v) is 17.7. The van der Waals surface area contributed by atoms with Crippen molar-refractivity contribution in [3.05, 3.63) is 182 Å². The Bertz CT molecular complexity index is 2110. The van der Waals surface area contributed by atoms with Gasteiger partial charge in [-0.05, 0) is 82.3 Å². The molecule has 0 saturated carbocycles. The van der Waals surface area contributed by atoms with Crippen LogP contribution >= 0.6 is 0 Å². The van der Waals surface area contributed by atoms with Crippen LogP contribution in [0.5, 0.6) is 0 Å². The number of halogens is 2. The second-order valence-electron chi connectivity index (χ2n) is 12.1. The number of hydrogen-bond donors (Lipinski definition) is 2. The molecule has 8 nitrogen and oxygen atoms in total. The molecule has 0 radical (unpaired) electrons. The molecule has 0 aliphatic rings. The Morgan fingerprint density at radius 1 is 0.545 bits per heavy atom. The SMILES string of the molecule is CCc1cccc(CC)c1N.CCc1cccc(CC)c1Nc1ccc(-c2ccccc2)cc1[N+](=O)[O-].O=[N+]([O-])c1cc(-c2ccccc2)ccc1F.[F-].[K+]. The maximum absolute atomic E-state index is 13.1. The maximum atomic E-state index is 13.1. The summed E-state index contributed by atoms with van der Waals surface area (Å²) in [5.74, 6) is -0.815. The van der Waals surface area contributed by atoms with E-state index in [2.05, 4.69) is 63.3 Å². The van der Waals surface area contributed by atoms with Crippen molar-refractivity contribution in [3.63, 3.8) is 0 Å². The Morgan fingerprint density at radius 2 is 0.945 bits per heavy atom. The summed E-state index contributed by atoms with van der Waals surface area (Å²) in [6, 6.07) is 40.5. The zero-order valence-electron chi connectivity index (χ0n) is 31.9. The molecule has 0 amide bonds. The Hall–Kier alpha value is -4.78. The quantitative estimate of drug-likeness (QED) is 0.0771. The third kappa shape index (κ3) is 12.6. The Labute approximate surface area is 364 Å². The van der Waals surface area contributed by atoms with Gasteiger partial charge in [0.15, 0.2) is 0 Å². The second kappa shape index (κ2) is 23.2. The summed E-state index contributed by atoms with van der Waals surface area (Å²) in [4.78, 5) is 21.2. The van der Waals surface area contributed by atoms with Gasteiger partial charge >= 0.3 is 57.1 Å². The van der Waals surface area contributed by atoms with Crippen molar-refractivity contribution in [1.82, 2.24) is 0 Å². The predicted molar refractivity (Wildman–Crippen MR) is 215 cm³/mol. The minimum absolute atomic E-state index is 0. The van der Waals surface area contributed by atoms with E-state index in [1.54, 1.807) is 12.1 Å². The number of nitrogen functional groups attached to an aromatic ring is 1.